The first kappa shape index (κ1) is 7.93. The molecule has 2 aliphatic rings. The van der Waals surface area contributed by atoms with E-state index in [1.165, 1.54) is 18.2 Å². The van der Waals surface area contributed by atoms with Crippen molar-refractivity contribution in [2.45, 2.75) is 6.04 Å². The van der Waals surface area contributed by atoms with E-state index in [1.54, 1.807) is 0 Å². The fraction of sp³-hybridized carbons (Fsp3) is 0.286. The van der Waals surface area contributed by atoms with Crippen LogP contribution < -0.4 is 10.9 Å². The lowest BCUT2D eigenvalue weighted by Crippen LogP contribution is -2.31. The highest BCUT2D eigenvalue weighted by Crippen LogP contribution is 2.20. The molecule has 0 bridgehead atoms. The molecule has 0 unspecified atom stereocenters. The highest BCUT2D eigenvalue weighted by atomic mass is 16.6. The number of allylic oxidation sites excluding steroid dienone is 1. The second kappa shape index (κ2) is 2.67. The number of rotatable bonds is 1. The molecule has 6 heteroatoms. The van der Waals surface area contributed by atoms with Crippen LogP contribution in [0.2, 0.25) is 0 Å². The van der Waals surface area contributed by atoms with Gasteiger partial charge in [0.2, 0.25) is 5.91 Å². The average molecular weight is 181 g/mol. The molecule has 1 heterocycles. The van der Waals surface area contributed by atoms with Crippen molar-refractivity contribution in [3.05, 3.63) is 34.0 Å². The van der Waals surface area contributed by atoms with Gasteiger partial charge < -0.3 is 0 Å². The Hall–Kier alpha value is -1.69. The Morgan fingerprint density at radius 2 is 2.31 bits per heavy atom. The maximum atomic E-state index is 11.1. The van der Waals surface area contributed by atoms with Crippen LogP contribution in [-0.4, -0.2) is 16.9 Å². The van der Waals surface area contributed by atoms with Crippen LogP contribution in [0.1, 0.15) is 0 Å². The monoisotopic (exact) mass is 181 g/mol. The number of nitrogens with one attached hydrogen (secondary N) is 2. The van der Waals surface area contributed by atoms with E-state index in [2.05, 4.69) is 10.9 Å². The molecule has 0 aromatic rings. The molecule has 13 heavy (non-hydrogen) atoms. The first-order chi connectivity index (χ1) is 6.18. The Morgan fingerprint density at radius 1 is 1.54 bits per heavy atom. The molecular weight excluding hydrogens is 174 g/mol. The quantitative estimate of drug-likeness (QED) is 0.415. The molecule has 2 rings (SSSR count). The Labute approximate surface area is 73.4 Å². The summed E-state index contributed by atoms with van der Waals surface area (Å²) in [5, 5.41) is 10.4. The molecule has 0 aromatic heterocycles. The molecule has 0 spiro atoms. The van der Waals surface area contributed by atoms with Crippen LogP contribution in [0.4, 0.5) is 0 Å². The van der Waals surface area contributed by atoms with Gasteiger partial charge in [0.25, 0.3) is 5.70 Å². The zero-order valence-electron chi connectivity index (χ0n) is 6.56. The number of hydrazine groups is 1. The standard InChI is InChI=1S/C7H7N3O3/c11-7-5-2-1-4(10(12)13)3-6(5)8-9-7/h1-3,5-6,8H,(H,9,11)/t5-,6+/m1/s1. The summed E-state index contributed by atoms with van der Waals surface area (Å²) < 4.78 is 0. The van der Waals surface area contributed by atoms with Crippen LogP contribution in [0.3, 0.4) is 0 Å². The predicted octanol–water partition coefficient (Wildman–Crippen LogP) is -0.664. The van der Waals surface area contributed by atoms with E-state index in [-0.39, 0.29) is 23.6 Å². The Balaban J connectivity index is 2.25. The van der Waals surface area contributed by atoms with Gasteiger partial charge in [0.05, 0.1) is 16.9 Å². The number of amides is 1. The van der Waals surface area contributed by atoms with E-state index in [1.807, 2.05) is 0 Å². The highest BCUT2D eigenvalue weighted by molar-refractivity contribution is 5.83. The third kappa shape index (κ3) is 1.20. The normalized spacial score (nSPS) is 30.8. The molecule has 0 aromatic carbocycles. The Kier molecular flexibility index (Phi) is 1.63. The first-order valence-electron chi connectivity index (χ1n) is 3.78. The van der Waals surface area contributed by atoms with Gasteiger partial charge in [-0.25, -0.2) is 5.43 Å². The lowest BCUT2D eigenvalue weighted by Gasteiger charge is -2.11. The van der Waals surface area contributed by atoms with Crippen molar-refractivity contribution in [1.82, 2.24) is 10.9 Å². The van der Waals surface area contributed by atoms with Gasteiger partial charge in [-0.15, -0.1) is 0 Å². The molecule has 2 N–H and O–H groups in total. The van der Waals surface area contributed by atoms with Crippen molar-refractivity contribution >= 4 is 5.91 Å². The summed E-state index contributed by atoms with van der Waals surface area (Å²) >= 11 is 0. The molecule has 6 nitrogen and oxygen atoms in total. The third-order valence-electron chi connectivity index (χ3n) is 2.09. The van der Waals surface area contributed by atoms with Gasteiger partial charge >= 0.3 is 0 Å². The summed E-state index contributed by atoms with van der Waals surface area (Å²) in [6, 6.07) is -0.294. The summed E-state index contributed by atoms with van der Waals surface area (Å²) in [6.07, 6.45) is 4.33. The van der Waals surface area contributed by atoms with Crippen molar-refractivity contribution in [2.75, 3.05) is 0 Å². The lowest BCUT2D eigenvalue weighted by molar-refractivity contribution is -0.419. The van der Waals surface area contributed by atoms with Gasteiger partial charge in [0.1, 0.15) is 0 Å². The van der Waals surface area contributed by atoms with Crippen LogP contribution in [0.15, 0.2) is 23.9 Å². The molecule has 1 aliphatic carbocycles. The van der Waals surface area contributed by atoms with E-state index in [0.717, 1.165) is 0 Å². The largest absolute Gasteiger partial charge is 0.290 e. The molecule has 0 saturated carbocycles. The van der Waals surface area contributed by atoms with Gasteiger partial charge in [-0.2, -0.15) is 0 Å². The van der Waals surface area contributed by atoms with E-state index in [4.69, 9.17) is 0 Å². The summed E-state index contributed by atoms with van der Waals surface area (Å²) in [6.45, 7) is 0. The summed E-state index contributed by atoms with van der Waals surface area (Å²) in [4.78, 5) is 21.0. The van der Waals surface area contributed by atoms with Gasteiger partial charge in [-0.3, -0.25) is 20.3 Å². The smallest absolute Gasteiger partial charge is 0.266 e. The zero-order valence-corrected chi connectivity index (χ0v) is 6.56. The van der Waals surface area contributed by atoms with Gasteiger partial charge in [0, 0.05) is 12.2 Å². The second-order valence-corrected chi connectivity index (χ2v) is 2.89. The van der Waals surface area contributed by atoms with Crippen molar-refractivity contribution in [1.29, 1.82) is 0 Å². The first-order valence-corrected chi connectivity index (χ1v) is 3.78. The average Bonchev–Trinajstić information content (AvgIpc) is 2.47. The Morgan fingerprint density at radius 3 is 3.00 bits per heavy atom. The number of nitrogens with zero attached hydrogens (tertiary/aromatic N) is 1. The summed E-state index contributed by atoms with van der Waals surface area (Å²) in [5.41, 5.74) is 5.09. The van der Waals surface area contributed by atoms with Crippen molar-refractivity contribution in [3.63, 3.8) is 0 Å². The maximum absolute atomic E-state index is 11.1. The topological polar surface area (TPSA) is 84.3 Å². The van der Waals surface area contributed by atoms with E-state index in [9.17, 15) is 14.9 Å². The summed E-state index contributed by atoms with van der Waals surface area (Å²) in [7, 11) is 0. The SMILES string of the molecule is O=C1NN[C@H]2C=C([N+](=O)[O-])C=C[C@@H]12. The van der Waals surface area contributed by atoms with Gasteiger partial charge in [-0.05, 0) is 0 Å². The number of nitro groups is 1. The third-order valence-corrected chi connectivity index (χ3v) is 2.09. The molecule has 2 atom stereocenters. The van der Waals surface area contributed by atoms with E-state index in [0.29, 0.717) is 0 Å². The molecule has 1 amide bonds. The molecule has 0 radical (unpaired) electrons. The fourth-order valence-corrected chi connectivity index (χ4v) is 1.41. The second-order valence-electron chi connectivity index (χ2n) is 2.89. The molecule has 68 valence electrons. The van der Waals surface area contributed by atoms with Crippen LogP contribution in [0.5, 0.6) is 0 Å². The lowest BCUT2D eigenvalue weighted by atomic mass is 9.95. The minimum atomic E-state index is -0.475. The van der Waals surface area contributed by atoms with Crippen molar-refractivity contribution in [2.24, 2.45) is 5.92 Å². The molecule has 1 aliphatic heterocycles. The number of carbonyl (C=O) groups excluding carboxylic acids is 1. The molecule has 1 fully saturated rings. The Bertz CT molecular complexity index is 334. The summed E-state index contributed by atoms with van der Waals surface area (Å²) in [5.74, 6) is -0.469. The van der Waals surface area contributed by atoms with Crippen molar-refractivity contribution < 1.29 is 9.72 Å². The minimum Gasteiger partial charge on any atom is -0.290 e. The van der Waals surface area contributed by atoms with Crippen molar-refractivity contribution in [3.8, 4) is 0 Å². The maximum Gasteiger partial charge on any atom is 0.266 e. The molecule has 1 saturated heterocycles. The number of carbonyl (C=O) groups is 1. The zero-order chi connectivity index (χ0) is 9.42. The predicted molar refractivity (Wildman–Crippen MR) is 42.8 cm³/mol. The van der Waals surface area contributed by atoms with Gasteiger partial charge in [-0.1, -0.05) is 6.08 Å². The molecular formula is C7H7N3O3. The number of hydrogen-bond donors (Lipinski definition) is 2. The van der Waals surface area contributed by atoms with Gasteiger partial charge in [0.15, 0.2) is 0 Å². The van der Waals surface area contributed by atoms with E-state index >= 15 is 0 Å². The van der Waals surface area contributed by atoms with Crippen LogP contribution in [0.25, 0.3) is 0 Å². The highest BCUT2D eigenvalue weighted by Gasteiger charge is 2.35. The van der Waals surface area contributed by atoms with Crippen LogP contribution in [0, 0.1) is 16.0 Å². The number of hydrogen-bond acceptors (Lipinski definition) is 4. The minimum absolute atomic E-state index is 0.0188. The fourth-order valence-electron chi connectivity index (χ4n) is 1.41. The van der Waals surface area contributed by atoms with Crippen LogP contribution in [-0.2, 0) is 4.79 Å². The van der Waals surface area contributed by atoms with Crippen LogP contribution >= 0.6 is 0 Å². The number of fused-ring (bicyclic) bond motifs is 1. The van der Waals surface area contributed by atoms with E-state index < -0.39 is 4.92 Å².